The molecule has 0 radical (unpaired) electrons. The van der Waals surface area contributed by atoms with E-state index in [2.05, 4.69) is 62.5 Å². The number of nitrogens with zero attached hydrogens (tertiary/aromatic N) is 2. The molecule has 0 amide bonds. The molecule has 1 heterocycles. The fourth-order valence-electron chi connectivity index (χ4n) is 2.15. The molecule has 0 aliphatic carbocycles. The molecule has 0 aliphatic rings. The minimum atomic E-state index is 0.553. The summed E-state index contributed by atoms with van der Waals surface area (Å²) < 4.78 is 1.01. The third-order valence-corrected chi connectivity index (χ3v) is 4.01. The second-order valence-electron chi connectivity index (χ2n) is 5.32. The van der Waals surface area contributed by atoms with Crippen LogP contribution in [0.1, 0.15) is 11.1 Å². The molecule has 2 N–H and O–H groups in total. The maximum atomic E-state index is 4.50. The third kappa shape index (κ3) is 4.07. The van der Waals surface area contributed by atoms with Crippen LogP contribution in [-0.2, 0) is 0 Å². The van der Waals surface area contributed by atoms with Crippen molar-refractivity contribution in [2.24, 2.45) is 0 Å². The Bertz CT molecular complexity index is 833. The van der Waals surface area contributed by atoms with Crippen molar-refractivity contribution >= 4 is 39.1 Å². The first kappa shape index (κ1) is 15.5. The van der Waals surface area contributed by atoms with Gasteiger partial charge in [-0.05, 0) is 61.4 Å². The van der Waals surface area contributed by atoms with Crippen molar-refractivity contribution in [3.63, 3.8) is 0 Å². The predicted octanol–water partition coefficient (Wildman–Crippen LogP) is 5.34. The second-order valence-corrected chi connectivity index (χ2v) is 6.24. The highest BCUT2D eigenvalue weighted by molar-refractivity contribution is 9.10. The summed E-state index contributed by atoms with van der Waals surface area (Å²) in [5.41, 5.74) is 4.47. The molecule has 0 saturated carbocycles. The minimum Gasteiger partial charge on any atom is -0.340 e. The Balaban J connectivity index is 1.78. The Morgan fingerprint density at radius 3 is 2.48 bits per heavy atom. The normalized spacial score (nSPS) is 10.4. The van der Waals surface area contributed by atoms with Crippen LogP contribution < -0.4 is 10.6 Å². The van der Waals surface area contributed by atoms with Crippen molar-refractivity contribution < 1.29 is 0 Å². The molecule has 1 aromatic heterocycles. The second kappa shape index (κ2) is 6.79. The third-order valence-electron chi connectivity index (χ3n) is 3.52. The van der Waals surface area contributed by atoms with Gasteiger partial charge in [-0.2, -0.15) is 4.98 Å². The molecular weight excluding hydrogens is 352 g/mol. The van der Waals surface area contributed by atoms with Crippen LogP contribution in [0.15, 0.2) is 59.2 Å². The molecular formula is C18H17BrN4. The highest BCUT2D eigenvalue weighted by Crippen LogP contribution is 2.21. The van der Waals surface area contributed by atoms with Crippen LogP contribution in [0.2, 0.25) is 0 Å². The summed E-state index contributed by atoms with van der Waals surface area (Å²) in [6, 6.07) is 16.0. The molecule has 0 aliphatic heterocycles. The first-order chi connectivity index (χ1) is 11.1. The molecule has 0 saturated heterocycles. The zero-order valence-corrected chi connectivity index (χ0v) is 14.6. The number of nitrogens with one attached hydrogen (secondary N) is 2. The number of benzene rings is 2. The molecule has 0 atom stereocenters. The van der Waals surface area contributed by atoms with Gasteiger partial charge in [-0.25, -0.2) is 4.98 Å². The lowest BCUT2D eigenvalue weighted by molar-refractivity contribution is 1.16. The van der Waals surface area contributed by atoms with Crippen LogP contribution in [0.4, 0.5) is 23.1 Å². The van der Waals surface area contributed by atoms with Gasteiger partial charge in [0.15, 0.2) is 0 Å². The van der Waals surface area contributed by atoms with Crippen LogP contribution in [0.3, 0.4) is 0 Å². The monoisotopic (exact) mass is 368 g/mol. The minimum absolute atomic E-state index is 0.553. The molecule has 0 unspecified atom stereocenters. The Kier molecular flexibility index (Phi) is 4.57. The molecule has 116 valence electrons. The van der Waals surface area contributed by atoms with Crippen molar-refractivity contribution in [3.05, 3.63) is 70.3 Å². The van der Waals surface area contributed by atoms with Crippen LogP contribution in [-0.4, -0.2) is 9.97 Å². The molecule has 2 aromatic carbocycles. The number of aryl methyl sites for hydroxylation is 2. The summed E-state index contributed by atoms with van der Waals surface area (Å²) in [6.45, 7) is 4.20. The standard InChI is InChI=1S/C18H17BrN4/c1-12-6-7-16(10-13(12)2)21-17-8-9-20-18(23-17)22-15-5-3-4-14(19)11-15/h3-11H,1-2H3,(H2,20,21,22,23). The molecule has 3 rings (SSSR count). The van der Waals surface area contributed by atoms with Gasteiger partial charge in [0.1, 0.15) is 5.82 Å². The van der Waals surface area contributed by atoms with E-state index in [4.69, 9.17) is 0 Å². The Morgan fingerprint density at radius 2 is 1.70 bits per heavy atom. The van der Waals surface area contributed by atoms with Crippen LogP contribution >= 0.6 is 15.9 Å². The number of anilines is 4. The van der Waals surface area contributed by atoms with E-state index in [1.165, 1.54) is 11.1 Å². The van der Waals surface area contributed by atoms with E-state index in [1.807, 2.05) is 36.4 Å². The van der Waals surface area contributed by atoms with Gasteiger partial charge in [-0.1, -0.05) is 28.1 Å². The van der Waals surface area contributed by atoms with Gasteiger partial charge in [-0.15, -0.1) is 0 Å². The lowest BCUT2D eigenvalue weighted by Crippen LogP contribution is -2.00. The van der Waals surface area contributed by atoms with E-state index >= 15 is 0 Å². The van der Waals surface area contributed by atoms with E-state index in [1.54, 1.807) is 6.20 Å². The van der Waals surface area contributed by atoms with Gasteiger partial charge >= 0.3 is 0 Å². The highest BCUT2D eigenvalue weighted by atomic mass is 79.9. The average molecular weight is 369 g/mol. The van der Waals surface area contributed by atoms with Crippen molar-refractivity contribution in [2.75, 3.05) is 10.6 Å². The Labute approximate surface area is 144 Å². The first-order valence-corrected chi connectivity index (χ1v) is 8.09. The van der Waals surface area contributed by atoms with Crippen LogP contribution in [0.25, 0.3) is 0 Å². The van der Waals surface area contributed by atoms with Crippen molar-refractivity contribution in [1.82, 2.24) is 9.97 Å². The average Bonchev–Trinajstić information content (AvgIpc) is 2.51. The zero-order chi connectivity index (χ0) is 16.2. The fraction of sp³-hybridized carbons (Fsp3) is 0.111. The van der Waals surface area contributed by atoms with E-state index < -0.39 is 0 Å². The number of hydrogen-bond donors (Lipinski definition) is 2. The zero-order valence-electron chi connectivity index (χ0n) is 13.0. The van der Waals surface area contributed by atoms with E-state index in [-0.39, 0.29) is 0 Å². The van der Waals surface area contributed by atoms with E-state index in [0.29, 0.717) is 5.95 Å². The maximum Gasteiger partial charge on any atom is 0.229 e. The van der Waals surface area contributed by atoms with E-state index in [0.717, 1.165) is 21.7 Å². The summed E-state index contributed by atoms with van der Waals surface area (Å²) in [4.78, 5) is 8.76. The smallest absolute Gasteiger partial charge is 0.229 e. The largest absolute Gasteiger partial charge is 0.340 e. The van der Waals surface area contributed by atoms with Gasteiger partial charge in [-0.3, -0.25) is 0 Å². The summed E-state index contributed by atoms with van der Waals surface area (Å²) in [6.07, 6.45) is 1.73. The number of rotatable bonds is 4. The molecule has 0 fully saturated rings. The number of aromatic nitrogens is 2. The van der Waals surface area contributed by atoms with E-state index in [9.17, 15) is 0 Å². The van der Waals surface area contributed by atoms with Gasteiger partial charge in [0, 0.05) is 22.0 Å². The molecule has 3 aromatic rings. The van der Waals surface area contributed by atoms with Crippen molar-refractivity contribution in [3.8, 4) is 0 Å². The fourth-order valence-corrected chi connectivity index (χ4v) is 2.55. The SMILES string of the molecule is Cc1ccc(Nc2ccnc(Nc3cccc(Br)c3)n2)cc1C. The molecule has 0 spiro atoms. The van der Waals surface area contributed by atoms with Gasteiger partial charge in [0.25, 0.3) is 0 Å². The molecule has 4 nitrogen and oxygen atoms in total. The molecule has 23 heavy (non-hydrogen) atoms. The molecule has 5 heteroatoms. The predicted molar refractivity (Wildman–Crippen MR) is 98.7 cm³/mol. The topological polar surface area (TPSA) is 49.8 Å². The Hall–Kier alpha value is -2.40. The first-order valence-electron chi connectivity index (χ1n) is 7.30. The van der Waals surface area contributed by atoms with Gasteiger partial charge < -0.3 is 10.6 Å². The number of hydrogen-bond acceptors (Lipinski definition) is 4. The lowest BCUT2D eigenvalue weighted by Gasteiger charge is -2.10. The summed E-state index contributed by atoms with van der Waals surface area (Å²) in [5, 5.41) is 6.51. The van der Waals surface area contributed by atoms with Crippen LogP contribution in [0.5, 0.6) is 0 Å². The van der Waals surface area contributed by atoms with Gasteiger partial charge in [0.05, 0.1) is 0 Å². The van der Waals surface area contributed by atoms with Crippen LogP contribution in [0, 0.1) is 13.8 Å². The maximum absolute atomic E-state index is 4.50. The summed E-state index contributed by atoms with van der Waals surface area (Å²) >= 11 is 3.45. The van der Waals surface area contributed by atoms with Crippen molar-refractivity contribution in [2.45, 2.75) is 13.8 Å². The highest BCUT2D eigenvalue weighted by Gasteiger charge is 2.02. The van der Waals surface area contributed by atoms with Crippen molar-refractivity contribution in [1.29, 1.82) is 0 Å². The lowest BCUT2D eigenvalue weighted by atomic mass is 10.1. The quantitative estimate of drug-likeness (QED) is 0.652. The molecule has 0 bridgehead atoms. The van der Waals surface area contributed by atoms with Gasteiger partial charge in [0.2, 0.25) is 5.95 Å². The number of halogens is 1. The summed E-state index contributed by atoms with van der Waals surface area (Å²) in [5.74, 6) is 1.30. The summed E-state index contributed by atoms with van der Waals surface area (Å²) in [7, 11) is 0. The Morgan fingerprint density at radius 1 is 0.870 bits per heavy atom.